The highest BCUT2D eigenvalue weighted by Gasteiger charge is 2.33. The predicted octanol–water partition coefficient (Wildman–Crippen LogP) is 1.95. The number of rotatable bonds is 9. The van der Waals surface area contributed by atoms with Crippen LogP contribution in [0.2, 0.25) is 0 Å². The lowest BCUT2D eigenvalue weighted by molar-refractivity contribution is -0.138. The molecule has 9 heteroatoms. The van der Waals surface area contributed by atoms with Crippen molar-refractivity contribution in [3.05, 3.63) is 53.5 Å². The van der Waals surface area contributed by atoms with Crippen molar-refractivity contribution < 1.29 is 19.5 Å². The normalized spacial score (nSPS) is 18.4. The highest BCUT2D eigenvalue weighted by molar-refractivity contribution is 5.87. The summed E-state index contributed by atoms with van der Waals surface area (Å²) in [5.74, 6) is -0.595. The number of pyridine rings is 2. The summed E-state index contributed by atoms with van der Waals surface area (Å²) in [5, 5.41) is 15.3. The first-order valence-electron chi connectivity index (χ1n) is 11.4. The maximum absolute atomic E-state index is 12.8. The average molecular weight is 452 g/mol. The number of hydrogen-bond donors (Lipinski definition) is 3. The van der Waals surface area contributed by atoms with Crippen LogP contribution in [-0.2, 0) is 27.2 Å². The lowest BCUT2D eigenvalue weighted by Crippen LogP contribution is -2.40. The fraction of sp³-hybridized carbons (Fsp3) is 0.458. The largest absolute Gasteiger partial charge is 0.481 e. The summed E-state index contributed by atoms with van der Waals surface area (Å²) in [6.07, 6.45) is 7.15. The number of hydrogen-bond acceptors (Lipinski definition) is 6. The van der Waals surface area contributed by atoms with E-state index in [4.69, 9.17) is 4.98 Å². The molecular formula is C24H29N5O4. The minimum absolute atomic E-state index is 0.0302. The molecular weight excluding hydrogens is 422 g/mol. The van der Waals surface area contributed by atoms with Gasteiger partial charge in [0.1, 0.15) is 5.82 Å². The Kier molecular flexibility index (Phi) is 7.16. The second-order valence-electron chi connectivity index (χ2n) is 8.63. The van der Waals surface area contributed by atoms with Gasteiger partial charge in [0.25, 0.3) is 0 Å². The molecule has 0 aromatic carbocycles. The molecule has 4 rings (SSSR count). The Bertz CT molecular complexity index is 1010. The number of carboxylic acid groups (broad SMARTS) is 1. The van der Waals surface area contributed by atoms with E-state index in [1.54, 1.807) is 23.2 Å². The van der Waals surface area contributed by atoms with Gasteiger partial charge in [-0.3, -0.25) is 19.4 Å². The molecule has 0 bridgehead atoms. The Morgan fingerprint density at radius 2 is 2.18 bits per heavy atom. The Balaban J connectivity index is 1.29. The molecule has 2 atom stereocenters. The summed E-state index contributed by atoms with van der Waals surface area (Å²) >= 11 is 0. The predicted molar refractivity (Wildman–Crippen MR) is 121 cm³/mol. The van der Waals surface area contributed by atoms with E-state index in [0.29, 0.717) is 31.4 Å². The molecule has 0 saturated carbocycles. The zero-order chi connectivity index (χ0) is 23.2. The number of amides is 2. The summed E-state index contributed by atoms with van der Waals surface area (Å²) in [6, 6.07) is 6.88. The number of carboxylic acids is 1. The molecule has 2 aromatic heterocycles. The molecule has 1 fully saturated rings. The van der Waals surface area contributed by atoms with Gasteiger partial charge in [0.15, 0.2) is 0 Å². The molecule has 0 radical (unpaired) electrons. The van der Waals surface area contributed by atoms with Crippen molar-refractivity contribution in [1.82, 2.24) is 20.2 Å². The first-order valence-corrected chi connectivity index (χ1v) is 11.4. The van der Waals surface area contributed by atoms with Crippen LogP contribution >= 0.6 is 0 Å². The lowest BCUT2D eigenvalue weighted by Gasteiger charge is -2.21. The second kappa shape index (κ2) is 10.4. The Morgan fingerprint density at radius 1 is 1.30 bits per heavy atom. The maximum atomic E-state index is 12.8. The molecule has 174 valence electrons. The maximum Gasteiger partial charge on any atom is 0.305 e. The third-order valence-corrected chi connectivity index (χ3v) is 6.24. The van der Waals surface area contributed by atoms with Gasteiger partial charge in [0, 0.05) is 37.1 Å². The van der Waals surface area contributed by atoms with E-state index in [0.717, 1.165) is 30.9 Å². The van der Waals surface area contributed by atoms with E-state index in [2.05, 4.69) is 21.7 Å². The Hall–Kier alpha value is -3.49. The van der Waals surface area contributed by atoms with Crippen molar-refractivity contribution in [2.45, 2.75) is 44.6 Å². The van der Waals surface area contributed by atoms with Crippen LogP contribution in [0, 0.1) is 5.92 Å². The van der Waals surface area contributed by atoms with Crippen LogP contribution in [0.3, 0.4) is 0 Å². The van der Waals surface area contributed by atoms with E-state index >= 15 is 0 Å². The molecule has 4 heterocycles. The van der Waals surface area contributed by atoms with Crippen LogP contribution in [0.1, 0.15) is 48.5 Å². The van der Waals surface area contributed by atoms with Gasteiger partial charge in [0.2, 0.25) is 11.8 Å². The van der Waals surface area contributed by atoms with Crippen molar-refractivity contribution in [1.29, 1.82) is 0 Å². The zero-order valence-corrected chi connectivity index (χ0v) is 18.5. The van der Waals surface area contributed by atoms with Crippen molar-refractivity contribution in [3.63, 3.8) is 0 Å². The number of nitrogens with zero attached hydrogens (tertiary/aromatic N) is 3. The van der Waals surface area contributed by atoms with E-state index in [9.17, 15) is 19.5 Å². The molecule has 2 aliphatic rings. The number of fused-ring (bicyclic) bond motifs is 1. The summed E-state index contributed by atoms with van der Waals surface area (Å²) in [7, 11) is 0. The molecule has 2 aliphatic heterocycles. The van der Waals surface area contributed by atoms with Crippen molar-refractivity contribution in [3.8, 4) is 0 Å². The molecule has 9 nitrogen and oxygen atoms in total. The number of aliphatic carboxylic acids is 1. The summed E-state index contributed by atoms with van der Waals surface area (Å²) in [6.45, 7) is 1.38. The molecule has 0 aliphatic carbocycles. The summed E-state index contributed by atoms with van der Waals surface area (Å²) in [5.41, 5.74) is 2.83. The number of carbonyl (C=O) groups is 3. The van der Waals surface area contributed by atoms with Crippen LogP contribution in [0.5, 0.6) is 0 Å². The average Bonchev–Trinajstić information content (AvgIpc) is 3.16. The van der Waals surface area contributed by atoms with E-state index in [1.807, 2.05) is 6.07 Å². The molecule has 2 aromatic rings. The van der Waals surface area contributed by atoms with Gasteiger partial charge in [0.05, 0.1) is 19.0 Å². The van der Waals surface area contributed by atoms with Crippen molar-refractivity contribution >= 4 is 23.6 Å². The minimum Gasteiger partial charge on any atom is -0.481 e. The third-order valence-electron chi connectivity index (χ3n) is 6.24. The van der Waals surface area contributed by atoms with Gasteiger partial charge in [-0.25, -0.2) is 4.98 Å². The lowest BCUT2D eigenvalue weighted by atomic mass is 9.99. The van der Waals surface area contributed by atoms with Crippen LogP contribution in [0.15, 0.2) is 36.7 Å². The highest BCUT2D eigenvalue weighted by atomic mass is 16.4. The standard InChI is InChI=1S/C24H29N5O4/c30-21(28-20(13-22(31)32)18-4-1-10-25-14-18)15-29-12-9-17(24(29)33)6-8-19-7-5-16-3-2-11-26-23(16)27-19/h1,4-5,7,10,14,17,20H,2-3,6,8-9,11-13,15H2,(H,26,27)(H,28,30)(H,31,32)/t17-,20-/m0/s1. The number of aromatic nitrogens is 2. The smallest absolute Gasteiger partial charge is 0.305 e. The van der Waals surface area contributed by atoms with Crippen molar-refractivity contribution in [2.75, 3.05) is 25.0 Å². The number of aryl methyl sites for hydroxylation is 2. The van der Waals surface area contributed by atoms with Gasteiger partial charge >= 0.3 is 5.97 Å². The van der Waals surface area contributed by atoms with Gasteiger partial charge < -0.3 is 20.6 Å². The molecule has 0 spiro atoms. The Morgan fingerprint density at radius 3 is 2.97 bits per heavy atom. The molecule has 3 N–H and O–H groups in total. The number of carbonyl (C=O) groups excluding carboxylic acids is 2. The number of likely N-dealkylation sites (tertiary alicyclic amines) is 1. The van der Waals surface area contributed by atoms with Crippen LogP contribution in [0.25, 0.3) is 0 Å². The monoisotopic (exact) mass is 451 g/mol. The highest BCUT2D eigenvalue weighted by Crippen LogP contribution is 2.25. The van der Waals surface area contributed by atoms with Gasteiger partial charge in [-0.15, -0.1) is 0 Å². The minimum atomic E-state index is -1.02. The Labute approximate surface area is 192 Å². The first-order chi connectivity index (χ1) is 16.0. The first kappa shape index (κ1) is 22.7. The van der Waals surface area contributed by atoms with Crippen LogP contribution in [0.4, 0.5) is 5.82 Å². The topological polar surface area (TPSA) is 125 Å². The fourth-order valence-corrected chi connectivity index (χ4v) is 4.48. The SMILES string of the molecule is O=C(O)C[C@H](NC(=O)CN1CC[C@H](CCc2ccc3c(n2)NCCC3)C1=O)c1cccnc1. The molecule has 0 unspecified atom stereocenters. The molecule has 1 saturated heterocycles. The third kappa shape index (κ3) is 5.85. The van der Waals surface area contributed by atoms with Crippen LogP contribution in [-0.4, -0.2) is 57.4 Å². The quantitative estimate of drug-likeness (QED) is 0.532. The number of nitrogens with one attached hydrogen (secondary N) is 2. The van der Waals surface area contributed by atoms with E-state index < -0.39 is 12.0 Å². The fourth-order valence-electron chi connectivity index (χ4n) is 4.48. The van der Waals surface area contributed by atoms with Crippen LogP contribution < -0.4 is 10.6 Å². The van der Waals surface area contributed by atoms with Gasteiger partial charge in [-0.2, -0.15) is 0 Å². The van der Waals surface area contributed by atoms with Gasteiger partial charge in [-0.1, -0.05) is 12.1 Å². The zero-order valence-electron chi connectivity index (χ0n) is 18.5. The second-order valence-corrected chi connectivity index (χ2v) is 8.63. The summed E-state index contributed by atoms with van der Waals surface area (Å²) in [4.78, 5) is 46.9. The number of anilines is 1. The van der Waals surface area contributed by atoms with Crippen molar-refractivity contribution in [2.24, 2.45) is 5.92 Å². The molecule has 2 amide bonds. The van der Waals surface area contributed by atoms with Gasteiger partial charge in [-0.05, 0) is 55.4 Å². The summed E-state index contributed by atoms with van der Waals surface area (Å²) < 4.78 is 0. The van der Waals surface area contributed by atoms with E-state index in [-0.39, 0.29) is 30.7 Å². The molecule has 33 heavy (non-hydrogen) atoms. The van der Waals surface area contributed by atoms with E-state index in [1.165, 1.54) is 11.8 Å².